The normalized spacial score (nSPS) is 15.2. The molecule has 248 valence electrons. The summed E-state index contributed by atoms with van der Waals surface area (Å²) in [6, 6.07) is 6.16. The van der Waals surface area contributed by atoms with Crippen LogP contribution in [-0.4, -0.2) is 57.9 Å². The van der Waals surface area contributed by atoms with Crippen molar-refractivity contribution < 1.29 is 9.53 Å². The Labute approximate surface area is 278 Å². The number of aliphatic imine (C=N–C) groups is 1. The van der Waals surface area contributed by atoms with E-state index in [1.54, 1.807) is 17.4 Å². The van der Waals surface area contributed by atoms with Crippen molar-refractivity contribution in [3.8, 4) is 12.8 Å². The molecule has 0 radical (unpaired) electrons. The van der Waals surface area contributed by atoms with Gasteiger partial charge in [-0.1, -0.05) is 57.0 Å². The lowest BCUT2D eigenvalue weighted by atomic mass is 9.99. The lowest BCUT2D eigenvalue weighted by Gasteiger charge is -2.41. The number of carbonyl (C=O) groups is 1. The highest BCUT2D eigenvalue weighted by Gasteiger charge is 2.32. The van der Waals surface area contributed by atoms with E-state index in [2.05, 4.69) is 71.7 Å². The van der Waals surface area contributed by atoms with Crippen molar-refractivity contribution in [2.24, 2.45) is 4.99 Å². The Balaban J connectivity index is 0.00000107. The highest BCUT2D eigenvalue weighted by Crippen LogP contribution is 2.31. The fourth-order valence-electron chi connectivity index (χ4n) is 4.73. The first-order valence-electron chi connectivity index (χ1n) is 15.8. The van der Waals surface area contributed by atoms with E-state index in [0.29, 0.717) is 19.6 Å². The first-order valence-corrected chi connectivity index (χ1v) is 16.2. The molecule has 3 rings (SSSR count). The number of halogens is 1. The maximum absolute atomic E-state index is 12.5. The fraction of sp³-hybridized carbons (Fsp3) is 0.514. The standard InChI is InChI=1S/C23H35N5O2.C10H13Cl.C2H6.C2H2/c1-9-11-24-17(4)19(10-2)20-18(5)25-15-26-21(20)28-13-12-27(14-16(28)3)22(29)30-23(6,7)8;1-3-4-9-7-10(11)6-5-8(9)2;2*1-2/h9-11,15-16H,12-14H2,1-8H3;5-7H,3-4H2,1-2H3;1-2H3;1-2H/b11-9-,19-10-,24-17-;;;. The van der Waals surface area contributed by atoms with Crippen LogP contribution in [0.25, 0.3) is 5.57 Å². The molecule has 1 saturated heterocycles. The number of hydrogen-bond donors (Lipinski definition) is 0. The Morgan fingerprint density at radius 2 is 1.80 bits per heavy atom. The van der Waals surface area contributed by atoms with Gasteiger partial charge in [-0.2, -0.15) is 0 Å². The molecule has 1 aliphatic heterocycles. The maximum atomic E-state index is 12.5. The number of carbonyl (C=O) groups excluding carboxylic acids is 1. The number of nitrogens with zero attached hydrogens (tertiary/aromatic N) is 5. The molecule has 7 nitrogen and oxygen atoms in total. The monoisotopic (exact) mass is 637 g/mol. The van der Waals surface area contributed by atoms with Crippen LogP contribution in [0.2, 0.25) is 5.02 Å². The van der Waals surface area contributed by atoms with Crippen molar-refractivity contribution in [1.29, 1.82) is 0 Å². The molecular weight excluding hydrogens is 582 g/mol. The zero-order valence-electron chi connectivity index (χ0n) is 29.7. The van der Waals surface area contributed by atoms with E-state index in [1.807, 2.05) is 74.5 Å². The summed E-state index contributed by atoms with van der Waals surface area (Å²) in [5.74, 6) is 0.877. The maximum Gasteiger partial charge on any atom is 0.410 e. The van der Waals surface area contributed by atoms with Crippen molar-refractivity contribution >= 4 is 34.8 Å². The number of amides is 1. The van der Waals surface area contributed by atoms with E-state index in [9.17, 15) is 4.79 Å². The van der Waals surface area contributed by atoms with Gasteiger partial charge in [0, 0.05) is 53.7 Å². The van der Waals surface area contributed by atoms with E-state index in [0.717, 1.165) is 39.8 Å². The fourth-order valence-corrected chi connectivity index (χ4v) is 4.92. The average Bonchev–Trinajstić information content (AvgIpc) is 3.00. The third kappa shape index (κ3) is 13.5. The summed E-state index contributed by atoms with van der Waals surface area (Å²) in [6.07, 6.45) is 17.4. The van der Waals surface area contributed by atoms with Gasteiger partial charge in [-0.3, -0.25) is 4.99 Å². The molecule has 0 saturated carbocycles. The first kappa shape index (κ1) is 41.4. The Morgan fingerprint density at radius 1 is 1.16 bits per heavy atom. The van der Waals surface area contributed by atoms with Gasteiger partial charge in [0.1, 0.15) is 17.7 Å². The predicted molar refractivity (Wildman–Crippen MR) is 194 cm³/mol. The van der Waals surface area contributed by atoms with Crippen LogP contribution in [0.5, 0.6) is 0 Å². The molecule has 2 aromatic rings. The summed E-state index contributed by atoms with van der Waals surface area (Å²) >= 11 is 5.85. The number of aromatic nitrogens is 2. The van der Waals surface area contributed by atoms with Gasteiger partial charge in [0.15, 0.2) is 0 Å². The number of anilines is 1. The minimum Gasteiger partial charge on any atom is -0.444 e. The third-order valence-corrected chi connectivity index (χ3v) is 7.00. The second-order valence-corrected chi connectivity index (χ2v) is 11.8. The minimum atomic E-state index is -0.501. The van der Waals surface area contributed by atoms with Crippen LogP contribution in [0, 0.1) is 26.7 Å². The average molecular weight is 638 g/mol. The van der Waals surface area contributed by atoms with Crippen molar-refractivity contribution in [2.45, 2.75) is 108 Å². The van der Waals surface area contributed by atoms with Crippen molar-refractivity contribution in [1.82, 2.24) is 14.9 Å². The number of hydrogen-bond acceptors (Lipinski definition) is 6. The molecule has 0 N–H and O–H groups in total. The molecule has 1 aromatic heterocycles. The van der Waals surface area contributed by atoms with Gasteiger partial charge in [0.05, 0.1) is 5.69 Å². The number of rotatable bonds is 6. The number of piperazine rings is 1. The summed E-state index contributed by atoms with van der Waals surface area (Å²) in [5.41, 5.74) is 6.04. The number of terminal acetylenes is 1. The van der Waals surface area contributed by atoms with Gasteiger partial charge >= 0.3 is 6.09 Å². The number of aryl methyl sites for hydroxylation is 3. The smallest absolute Gasteiger partial charge is 0.410 e. The first-order chi connectivity index (χ1) is 21.3. The lowest BCUT2D eigenvalue weighted by Crippen LogP contribution is -2.55. The van der Waals surface area contributed by atoms with Crippen LogP contribution in [0.15, 0.2) is 47.9 Å². The molecule has 1 unspecified atom stereocenters. The zero-order chi connectivity index (χ0) is 34.7. The largest absolute Gasteiger partial charge is 0.444 e. The number of allylic oxidation sites excluding steroid dienone is 3. The minimum absolute atomic E-state index is 0.0882. The summed E-state index contributed by atoms with van der Waals surface area (Å²) in [4.78, 5) is 30.1. The van der Waals surface area contributed by atoms with Gasteiger partial charge in [-0.25, -0.2) is 14.8 Å². The van der Waals surface area contributed by atoms with E-state index in [1.165, 1.54) is 17.5 Å². The van der Waals surface area contributed by atoms with Gasteiger partial charge in [0.2, 0.25) is 0 Å². The Hall–Kier alpha value is -3.63. The summed E-state index contributed by atoms with van der Waals surface area (Å²) in [7, 11) is 0. The second kappa shape index (κ2) is 21.2. The van der Waals surface area contributed by atoms with Gasteiger partial charge in [-0.05, 0) is 92.0 Å². The molecule has 2 heterocycles. The predicted octanol–water partition coefficient (Wildman–Crippen LogP) is 9.50. The van der Waals surface area contributed by atoms with Crippen LogP contribution in [0.3, 0.4) is 0 Å². The van der Waals surface area contributed by atoms with Gasteiger partial charge in [-0.15, -0.1) is 12.8 Å². The summed E-state index contributed by atoms with van der Waals surface area (Å²) < 4.78 is 5.55. The van der Waals surface area contributed by atoms with Crippen LogP contribution in [0.4, 0.5) is 10.6 Å². The highest BCUT2D eigenvalue weighted by atomic mass is 35.5. The molecule has 1 aromatic carbocycles. The molecule has 0 spiro atoms. The molecule has 0 aliphatic carbocycles. The zero-order valence-corrected chi connectivity index (χ0v) is 30.5. The van der Waals surface area contributed by atoms with E-state index in [4.69, 9.17) is 16.3 Å². The summed E-state index contributed by atoms with van der Waals surface area (Å²) in [6.45, 7) is 25.8. The quantitative estimate of drug-likeness (QED) is 0.233. The van der Waals surface area contributed by atoms with Crippen LogP contribution in [0.1, 0.15) is 98.0 Å². The third-order valence-electron chi connectivity index (χ3n) is 6.76. The molecule has 1 fully saturated rings. The van der Waals surface area contributed by atoms with Gasteiger partial charge in [0.25, 0.3) is 0 Å². The lowest BCUT2D eigenvalue weighted by molar-refractivity contribution is 0.0218. The van der Waals surface area contributed by atoms with Crippen LogP contribution in [-0.2, 0) is 11.2 Å². The number of ether oxygens (including phenoxy) is 1. The molecule has 8 heteroatoms. The van der Waals surface area contributed by atoms with Crippen molar-refractivity contribution in [3.63, 3.8) is 0 Å². The second-order valence-electron chi connectivity index (χ2n) is 11.3. The molecular formula is C37H56ClN5O2. The molecule has 1 atom stereocenters. The molecule has 1 amide bonds. The van der Waals surface area contributed by atoms with E-state index in [-0.39, 0.29) is 12.1 Å². The Kier molecular flexibility index (Phi) is 19.5. The van der Waals surface area contributed by atoms with E-state index < -0.39 is 5.60 Å². The summed E-state index contributed by atoms with van der Waals surface area (Å²) in [5, 5.41) is 0.846. The van der Waals surface area contributed by atoms with Crippen molar-refractivity contribution in [2.75, 3.05) is 24.5 Å². The van der Waals surface area contributed by atoms with Gasteiger partial charge < -0.3 is 14.5 Å². The van der Waals surface area contributed by atoms with Crippen LogP contribution < -0.4 is 4.90 Å². The van der Waals surface area contributed by atoms with E-state index >= 15 is 0 Å². The van der Waals surface area contributed by atoms with Crippen molar-refractivity contribution in [3.05, 3.63) is 70.3 Å². The topological polar surface area (TPSA) is 70.9 Å². The highest BCUT2D eigenvalue weighted by molar-refractivity contribution is 6.30. The molecule has 45 heavy (non-hydrogen) atoms. The molecule has 0 bridgehead atoms. The molecule has 1 aliphatic rings. The SMILES string of the molecule is C#C.CC.CCCc1cc(Cl)ccc1C.C\C=C/N=C(C)\C(=C\C)c1c(C)ncnc1N1CCN(C(=O)OC(C)(C)C)CC1C. The number of benzene rings is 1. The Bertz CT molecular complexity index is 1310. The van der Waals surface area contributed by atoms with Crippen LogP contribution >= 0.6 is 11.6 Å². The Morgan fingerprint density at radius 3 is 2.33 bits per heavy atom.